The molecule has 2 aromatic carbocycles. The van der Waals surface area contributed by atoms with E-state index in [9.17, 15) is 9.59 Å². The number of benzene rings is 2. The number of ether oxygens (including phenoxy) is 2. The molecule has 0 aliphatic heterocycles. The van der Waals surface area contributed by atoms with E-state index in [0.717, 1.165) is 4.68 Å². The van der Waals surface area contributed by atoms with Crippen LogP contribution in [-0.4, -0.2) is 40.7 Å². The first-order valence-electron chi connectivity index (χ1n) is 8.86. The number of anilines is 1. The number of nitrogens with zero attached hydrogens (tertiary/aromatic N) is 3. The van der Waals surface area contributed by atoms with Crippen LogP contribution < -0.4 is 20.3 Å². The van der Waals surface area contributed by atoms with E-state index in [4.69, 9.17) is 21.7 Å². The van der Waals surface area contributed by atoms with Crippen LogP contribution in [0.25, 0.3) is 0 Å². The molecule has 0 saturated heterocycles. The van der Waals surface area contributed by atoms with Crippen molar-refractivity contribution in [3.05, 3.63) is 74.9 Å². The van der Waals surface area contributed by atoms with Gasteiger partial charge in [-0.05, 0) is 55.0 Å². The van der Waals surface area contributed by atoms with Gasteiger partial charge in [0.2, 0.25) is 4.77 Å². The zero-order chi connectivity index (χ0) is 21.5. The van der Waals surface area contributed by atoms with Gasteiger partial charge in [-0.3, -0.25) is 14.7 Å². The number of nitrogens with one attached hydrogen (secondary N) is 2. The Morgan fingerprint density at radius 1 is 1.27 bits per heavy atom. The fraction of sp³-hybridized carbons (Fsp3) is 0.150. The molecule has 0 fully saturated rings. The van der Waals surface area contributed by atoms with Gasteiger partial charge in [-0.15, -0.1) is 0 Å². The van der Waals surface area contributed by atoms with Gasteiger partial charge in [0.05, 0.1) is 13.3 Å². The van der Waals surface area contributed by atoms with E-state index in [-0.39, 0.29) is 23.0 Å². The molecule has 9 nitrogen and oxygen atoms in total. The molecular formula is C20H19N5O4S. The lowest BCUT2D eigenvalue weighted by Gasteiger charge is -2.11. The summed E-state index contributed by atoms with van der Waals surface area (Å²) in [6.07, 6.45) is 1.46. The fourth-order valence-electron chi connectivity index (χ4n) is 2.45. The number of carbonyl (C=O) groups is 1. The highest BCUT2D eigenvalue weighted by atomic mass is 32.1. The van der Waals surface area contributed by atoms with Gasteiger partial charge in [0, 0.05) is 5.69 Å². The average molecular weight is 425 g/mol. The Morgan fingerprint density at radius 3 is 2.77 bits per heavy atom. The summed E-state index contributed by atoms with van der Waals surface area (Å²) in [6.45, 7) is 1.38. The first-order valence-corrected chi connectivity index (χ1v) is 9.27. The van der Waals surface area contributed by atoms with Crippen LogP contribution in [0.5, 0.6) is 11.5 Å². The topological polar surface area (TPSA) is 111 Å². The molecule has 0 saturated carbocycles. The normalized spacial score (nSPS) is 10.7. The molecule has 3 rings (SSSR count). The van der Waals surface area contributed by atoms with Crippen molar-refractivity contribution in [2.24, 2.45) is 5.10 Å². The second-order valence-electron chi connectivity index (χ2n) is 6.09. The molecule has 0 unspecified atom stereocenters. The number of amides is 1. The lowest BCUT2D eigenvalue weighted by molar-refractivity contribution is -0.118. The molecule has 0 aliphatic rings. The molecule has 154 valence electrons. The average Bonchev–Trinajstić information content (AvgIpc) is 2.76. The van der Waals surface area contributed by atoms with Gasteiger partial charge in [-0.2, -0.15) is 14.9 Å². The van der Waals surface area contributed by atoms with Gasteiger partial charge in [-0.1, -0.05) is 18.2 Å². The molecule has 0 aliphatic carbocycles. The first-order chi connectivity index (χ1) is 14.5. The minimum Gasteiger partial charge on any atom is -0.493 e. The minimum atomic E-state index is -0.411. The van der Waals surface area contributed by atoms with E-state index >= 15 is 0 Å². The molecule has 1 amide bonds. The van der Waals surface area contributed by atoms with Crippen LogP contribution in [0.2, 0.25) is 0 Å². The van der Waals surface area contributed by atoms with Crippen molar-refractivity contribution >= 4 is 30.0 Å². The van der Waals surface area contributed by atoms with Crippen LogP contribution in [0, 0.1) is 11.7 Å². The summed E-state index contributed by atoms with van der Waals surface area (Å²) < 4.78 is 12.0. The first kappa shape index (κ1) is 20.9. The molecule has 3 aromatic rings. The van der Waals surface area contributed by atoms with Crippen LogP contribution in [0.3, 0.4) is 0 Å². The standard InChI is InChI=1S/C20H19N5O4S/c1-13-19(27)25(20(30)24-23-13)21-11-14-8-9-16(17(10-14)28-2)29-12-18(26)22-15-6-4-3-5-7-15/h3-11H,12H2,1-2H3,(H,22,26)(H,24,30)/b21-11+. The molecule has 2 N–H and O–H groups in total. The summed E-state index contributed by atoms with van der Waals surface area (Å²) in [4.78, 5) is 24.1. The van der Waals surface area contributed by atoms with Crippen molar-refractivity contribution in [2.45, 2.75) is 6.92 Å². The summed E-state index contributed by atoms with van der Waals surface area (Å²) in [5.41, 5.74) is 1.16. The van der Waals surface area contributed by atoms with Gasteiger partial charge in [0.25, 0.3) is 11.5 Å². The van der Waals surface area contributed by atoms with Crippen LogP contribution in [0.1, 0.15) is 11.3 Å². The summed E-state index contributed by atoms with van der Waals surface area (Å²) >= 11 is 5.04. The number of carbonyl (C=O) groups excluding carboxylic acids is 1. The third kappa shape index (κ3) is 5.17. The summed E-state index contributed by atoms with van der Waals surface area (Å²) in [5, 5.41) is 13.2. The Kier molecular flexibility index (Phi) is 6.71. The van der Waals surface area contributed by atoms with E-state index in [1.165, 1.54) is 13.3 Å². The summed E-state index contributed by atoms with van der Waals surface area (Å²) in [5.74, 6) is 0.512. The molecule has 0 radical (unpaired) electrons. The van der Waals surface area contributed by atoms with Crippen LogP contribution >= 0.6 is 12.2 Å². The minimum absolute atomic E-state index is 0.0817. The molecule has 1 aromatic heterocycles. The lowest BCUT2D eigenvalue weighted by atomic mass is 10.2. The molecule has 1 heterocycles. The maximum atomic E-state index is 12.1. The number of hydrogen-bond acceptors (Lipinski definition) is 7. The Hall–Kier alpha value is -3.79. The van der Waals surface area contributed by atoms with E-state index in [1.807, 2.05) is 18.2 Å². The Balaban J connectivity index is 1.71. The number of aromatic amines is 1. The highest BCUT2D eigenvalue weighted by Crippen LogP contribution is 2.27. The van der Waals surface area contributed by atoms with Crippen LogP contribution in [-0.2, 0) is 4.79 Å². The Labute approximate surface area is 177 Å². The molecule has 0 atom stereocenters. The quantitative estimate of drug-likeness (QED) is 0.445. The monoisotopic (exact) mass is 425 g/mol. The smallest absolute Gasteiger partial charge is 0.296 e. The van der Waals surface area contributed by atoms with Crippen LogP contribution in [0.15, 0.2) is 58.4 Å². The maximum Gasteiger partial charge on any atom is 0.296 e. The molecule has 30 heavy (non-hydrogen) atoms. The number of rotatable bonds is 7. The van der Waals surface area contributed by atoms with Crippen molar-refractivity contribution in [1.29, 1.82) is 0 Å². The van der Waals surface area contributed by atoms with Crippen molar-refractivity contribution < 1.29 is 14.3 Å². The van der Waals surface area contributed by atoms with Crippen molar-refractivity contribution in [1.82, 2.24) is 14.9 Å². The highest BCUT2D eigenvalue weighted by molar-refractivity contribution is 7.71. The Morgan fingerprint density at radius 2 is 2.03 bits per heavy atom. The van der Waals surface area contributed by atoms with E-state index in [1.54, 1.807) is 37.3 Å². The van der Waals surface area contributed by atoms with Crippen molar-refractivity contribution in [3.63, 3.8) is 0 Å². The number of aryl methyl sites for hydroxylation is 1. The second kappa shape index (κ2) is 9.61. The summed E-state index contributed by atoms with van der Waals surface area (Å²) in [7, 11) is 1.49. The third-order valence-corrected chi connectivity index (χ3v) is 4.20. The molecule has 0 bridgehead atoms. The van der Waals surface area contributed by atoms with Gasteiger partial charge in [0.1, 0.15) is 5.69 Å². The maximum absolute atomic E-state index is 12.1. The van der Waals surface area contributed by atoms with Gasteiger partial charge in [-0.25, -0.2) is 0 Å². The largest absolute Gasteiger partial charge is 0.493 e. The third-order valence-electron chi connectivity index (χ3n) is 3.94. The number of methoxy groups -OCH3 is 1. The zero-order valence-electron chi connectivity index (χ0n) is 16.3. The van der Waals surface area contributed by atoms with E-state index in [2.05, 4.69) is 20.6 Å². The van der Waals surface area contributed by atoms with E-state index in [0.29, 0.717) is 22.7 Å². The molecule has 0 spiro atoms. The number of aromatic nitrogens is 3. The summed E-state index contributed by atoms with van der Waals surface area (Å²) in [6, 6.07) is 14.1. The van der Waals surface area contributed by atoms with Crippen LogP contribution in [0.4, 0.5) is 5.69 Å². The van der Waals surface area contributed by atoms with Gasteiger partial charge >= 0.3 is 0 Å². The fourth-order valence-corrected chi connectivity index (χ4v) is 2.62. The number of para-hydroxylation sites is 1. The van der Waals surface area contributed by atoms with Gasteiger partial charge < -0.3 is 14.8 Å². The molecule has 10 heteroatoms. The van der Waals surface area contributed by atoms with Crippen molar-refractivity contribution in [3.8, 4) is 11.5 Å². The number of hydrogen-bond donors (Lipinski definition) is 2. The predicted octanol–water partition coefficient (Wildman–Crippen LogP) is 2.52. The van der Waals surface area contributed by atoms with Gasteiger partial charge in [0.15, 0.2) is 18.1 Å². The zero-order valence-corrected chi connectivity index (χ0v) is 17.1. The Bertz CT molecular complexity index is 1190. The lowest BCUT2D eigenvalue weighted by Crippen LogP contribution is -2.22. The molecular weight excluding hydrogens is 406 g/mol. The van der Waals surface area contributed by atoms with E-state index < -0.39 is 5.56 Å². The van der Waals surface area contributed by atoms with Crippen molar-refractivity contribution in [2.75, 3.05) is 19.0 Å². The number of H-pyrrole nitrogens is 1. The highest BCUT2D eigenvalue weighted by Gasteiger charge is 2.09. The SMILES string of the molecule is COc1cc(/C=N/n2c(=S)[nH]nc(C)c2=O)ccc1OCC(=O)Nc1ccccc1. The predicted molar refractivity (Wildman–Crippen MR) is 115 cm³/mol. The second-order valence-corrected chi connectivity index (χ2v) is 6.48.